The first-order chi connectivity index (χ1) is 5.81. The average Bonchev–Trinajstić information content (AvgIpc) is 2.55. The van der Waals surface area contributed by atoms with Gasteiger partial charge in [-0.15, -0.1) is 12.4 Å². The molecular weight excluding hydrogens is 206 g/mol. The molecule has 2 aliphatic heterocycles. The highest BCUT2D eigenvalue weighted by Gasteiger charge is 2.38. The van der Waals surface area contributed by atoms with Crippen LogP contribution in [0.5, 0.6) is 0 Å². The Balaban J connectivity index is 0.000000845. The molecule has 2 unspecified atom stereocenters. The van der Waals surface area contributed by atoms with Crippen molar-refractivity contribution < 1.29 is 4.74 Å². The van der Waals surface area contributed by atoms with Crippen LogP contribution in [0.2, 0.25) is 0 Å². The maximum absolute atomic E-state index is 5.76. The summed E-state index contributed by atoms with van der Waals surface area (Å²) < 4.78 is 5.76. The Labute approximate surface area is 90.6 Å². The number of rotatable bonds is 1. The predicted molar refractivity (Wildman–Crippen MR) is 59.7 cm³/mol. The normalized spacial score (nSPS) is 39.9. The minimum atomic E-state index is -0.00653. The zero-order valence-corrected chi connectivity index (χ0v) is 9.68. The van der Waals surface area contributed by atoms with E-state index < -0.39 is 0 Å². The van der Waals surface area contributed by atoms with Crippen molar-refractivity contribution in [2.75, 3.05) is 24.7 Å². The molecule has 2 atom stereocenters. The van der Waals surface area contributed by atoms with E-state index in [4.69, 9.17) is 4.74 Å². The Morgan fingerprint density at radius 3 is 2.92 bits per heavy atom. The lowest BCUT2D eigenvalue weighted by Crippen LogP contribution is -2.47. The van der Waals surface area contributed by atoms with Crippen molar-refractivity contribution in [2.45, 2.75) is 25.5 Å². The summed E-state index contributed by atoms with van der Waals surface area (Å²) in [5.74, 6) is 3.33. The van der Waals surface area contributed by atoms with Gasteiger partial charge < -0.3 is 4.74 Å². The summed E-state index contributed by atoms with van der Waals surface area (Å²) in [6.45, 7) is 4.12. The lowest BCUT2D eigenvalue weighted by molar-refractivity contribution is -0.0389. The summed E-state index contributed by atoms with van der Waals surface area (Å²) in [6.07, 6.45) is 2.69. The highest BCUT2D eigenvalue weighted by molar-refractivity contribution is 7.99. The standard InChI is InChI=1S/C9H17NOS.ClH/c1-9(10-4-5-11-9)8-3-2-6-12-7-8;/h8,10H,2-7H2,1H3;1H. The SMILES string of the molecule is CC1(C2CCCSC2)NCCO1.Cl. The Bertz CT molecular complexity index is 156. The average molecular weight is 224 g/mol. The number of hydrogen-bond acceptors (Lipinski definition) is 3. The molecule has 78 valence electrons. The van der Waals surface area contributed by atoms with E-state index in [-0.39, 0.29) is 18.1 Å². The van der Waals surface area contributed by atoms with Crippen LogP contribution in [0.3, 0.4) is 0 Å². The molecule has 1 N–H and O–H groups in total. The number of thioether (sulfide) groups is 1. The van der Waals surface area contributed by atoms with E-state index in [9.17, 15) is 0 Å². The van der Waals surface area contributed by atoms with Gasteiger partial charge in [-0.25, -0.2) is 0 Å². The molecule has 2 nitrogen and oxygen atoms in total. The largest absolute Gasteiger partial charge is 0.359 e. The van der Waals surface area contributed by atoms with Crippen molar-refractivity contribution in [3.63, 3.8) is 0 Å². The third-order valence-electron chi connectivity index (χ3n) is 2.92. The number of halogens is 1. The molecule has 0 aromatic heterocycles. The second-order valence-electron chi connectivity index (χ2n) is 3.80. The molecule has 0 spiro atoms. The summed E-state index contributed by atoms with van der Waals surface area (Å²) in [7, 11) is 0. The molecule has 0 aliphatic carbocycles. The Kier molecular flexibility index (Phi) is 4.36. The van der Waals surface area contributed by atoms with E-state index in [1.165, 1.54) is 24.3 Å². The summed E-state index contributed by atoms with van der Waals surface area (Å²) in [6, 6.07) is 0. The van der Waals surface area contributed by atoms with Crippen LogP contribution in [0.1, 0.15) is 19.8 Å². The highest BCUT2D eigenvalue weighted by Crippen LogP contribution is 2.33. The number of hydrogen-bond donors (Lipinski definition) is 1. The third kappa shape index (κ3) is 2.52. The van der Waals surface area contributed by atoms with Crippen LogP contribution in [0.15, 0.2) is 0 Å². The van der Waals surface area contributed by atoms with Crippen molar-refractivity contribution in [3.8, 4) is 0 Å². The molecule has 13 heavy (non-hydrogen) atoms. The van der Waals surface area contributed by atoms with Crippen LogP contribution in [0.4, 0.5) is 0 Å². The Morgan fingerprint density at radius 2 is 2.38 bits per heavy atom. The fourth-order valence-corrected chi connectivity index (χ4v) is 3.36. The van der Waals surface area contributed by atoms with Crippen molar-refractivity contribution in [1.29, 1.82) is 0 Å². The number of ether oxygens (including phenoxy) is 1. The summed E-state index contributed by atoms with van der Waals surface area (Å²) in [4.78, 5) is 0. The van der Waals surface area contributed by atoms with E-state index in [0.717, 1.165) is 19.1 Å². The first kappa shape index (κ1) is 11.6. The van der Waals surface area contributed by atoms with Crippen molar-refractivity contribution >= 4 is 24.2 Å². The first-order valence-electron chi connectivity index (χ1n) is 4.78. The summed E-state index contributed by atoms with van der Waals surface area (Å²) >= 11 is 2.07. The van der Waals surface area contributed by atoms with Crippen LogP contribution in [-0.2, 0) is 4.74 Å². The van der Waals surface area contributed by atoms with Gasteiger partial charge >= 0.3 is 0 Å². The van der Waals surface area contributed by atoms with Gasteiger partial charge in [0.25, 0.3) is 0 Å². The Morgan fingerprint density at radius 1 is 1.54 bits per heavy atom. The van der Waals surface area contributed by atoms with Gasteiger partial charge in [-0.05, 0) is 25.5 Å². The smallest absolute Gasteiger partial charge is 0.120 e. The van der Waals surface area contributed by atoms with Crippen molar-refractivity contribution in [1.82, 2.24) is 5.32 Å². The minimum Gasteiger partial charge on any atom is -0.359 e. The maximum atomic E-state index is 5.76. The lowest BCUT2D eigenvalue weighted by Gasteiger charge is -2.35. The fraction of sp³-hybridized carbons (Fsp3) is 1.00. The van der Waals surface area contributed by atoms with E-state index in [2.05, 4.69) is 24.0 Å². The van der Waals surface area contributed by atoms with Gasteiger partial charge in [0.05, 0.1) is 6.61 Å². The van der Waals surface area contributed by atoms with Crippen molar-refractivity contribution in [3.05, 3.63) is 0 Å². The molecule has 0 saturated carbocycles. The maximum Gasteiger partial charge on any atom is 0.120 e. The van der Waals surface area contributed by atoms with E-state index >= 15 is 0 Å². The zero-order valence-electron chi connectivity index (χ0n) is 8.04. The molecule has 0 aromatic rings. The highest BCUT2D eigenvalue weighted by atomic mass is 35.5. The van der Waals surface area contributed by atoms with Crippen LogP contribution < -0.4 is 5.32 Å². The van der Waals surface area contributed by atoms with E-state index in [0.29, 0.717) is 0 Å². The van der Waals surface area contributed by atoms with Crippen LogP contribution in [0.25, 0.3) is 0 Å². The molecule has 2 rings (SSSR count). The fourth-order valence-electron chi connectivity index (χ4n) is 2.05. The quantitative estimate of drug-likeness (QED) is 0.734. The zero-order chi connectivity index (χ0) is 8.44. The van der Waals surface area contributed by atoms with Gasteiger partial charge in [-0.3, -0.25) is 5.32 Å². The molecule has 0 bridgehead atoms. The summed E-state index contributed by atoms with van der Waals surface area (Å²) in [5.41, 5.74) is -0.00653. The molecule has 0 amide bonds. The van der Waals surface area contributed by atoms with Crippen LogP contribution in [-0.4, -0.2) is 30.4 Å². The first-order valence-corrected chi connectivity index (χ1v) is 5.93. The van der Waals surface area contributed by atoms with Gasteiger partial charge in [0.1, 0.15) is 5.72 Å². The second kappa shape index (κ2) is 4.87. The molecule has 2 aliphatic rings. The second-order valence-corrected chi connectivity index (χ2v) is 4.95. The Hall–Kier alpha value is 0.560. The minimum absolute atomic E-state index is 0. The predicted octanol–water partition coefficient (Wildman–Crippen LogP) is 1.89. The molecule has 2 heterocycles. The third-order valence-corrected chi connectivity index (χ3v) is 4.13. The molecule has 2 saturated heterocycles. The lowest BCUT2D eigenvalue weighted by atomic mass is 9.94. The monoisotopic (exact) mass is 223 g/mol. The van der Waals surface area contributed by atoms with Gasteiger partial charge in [-0.2, -0.15) is 11.8 Å². The molecular formula is C9H18ClNOS. The van der Waals surface area contributed by atoms with E-state index in [1.807, 2.05) is 0 Å². The van der Waals surface area contributed by atoms with Gasteiger partial charge in [0.15, 0.2) is 0 Å². The number of nitrogens with one attached hydrogen (secondary N) is 1. The van der Waals surface area contributed by atoms with Gasteiger partial charge in [-0.1, -0.05) is 0 Å². The topological polar surface area (TPSA) is 21.3 Å². The van der Waals surface area contributed by atoms with Gasteiger partial charge in [0, 0.05) is 18.2 Å². The molecule has 2 fully saturated rings. The van der Waals surface area contributed by atoms with Crippen molar-refractivity contribution in [2.24, 2.45) is 5.92 Å². The van der Waals surface area contributed by atoms with Crippen LogP contribution in [0, 0.1) is 5.92 Å². The van der Waals surface area contributed by atoms with Gasteiger partial charge in [0.2, 0.25) is 0 Å². The molecule has 4 heteroatoms. The van der Waals surface area contributed by atoms with E-state index in [1.54, 1.807) is 0 Å². The molecule has 0 aromatic carbocycles. The van der Waals surface area contributed by atoms with Crippen LogP contribution >= 0.6 is 24.2 Å². The molecule has 0 radical (unpaired) electrons. The summed E-state index contributed by atoms with van der Waals surface area (Å²) in [5, 5.41) is 3.47.